The summed E-state index contributed by atoms with van der Waals surface area (Å²) in [5.41, 5.74) is 0.945. The van der Waals surface area contributed by atoms with E-state index in [9.17, 15) is 9.59 Å². The first-order valence-corrected chi connectivity index (χ1v) is 10.5. The molecule has 152 valence electrons. The molecule has 0 aromatic heterocycles. The summed E-state index contributed by atoms with van der Waals surface area (Å²) in [6, 6.07) is 14.6. The predicted octanol–water partition coefficient (Wildman–Crippen LogP) is 4.83. The number of ether oxygens (including phenoxy) is 1. The van der Waals surface area contributed by atoms with Crippen molar-refractivity contribution in [3.63, 3.8) is 0 Å². The third kappa shape index (κ3) is 4.51. The van der Waals surface area contributed by atoms with Crippen molar-refractivity contribution in [2.24, 2.45) is 5.92 Å². The number of nitrogens with zero attached hydrogens (tertiary/aromatic N) is 2. The zero-order valence-electron chi connectivity index (χ0n) is 15.9. The van der Waals surface area contributed by atoms with Crippen LogP contribution in [-0.2, 0) is 4.79 Å². The lowest BCUT2D eigenvalue weighted by Gasteiger charge is -2.22. The first-order chi connectivity index (χ1) is 14.0. The van der Waals surface area contributed by atoms with Gasteiger partial charge in [-0.2, -0.15) is 0 Å². The molecule has 0 radical (unpaired) electrons. The van der Waals surface area contributed by atoms with Gasteiger partial charge in [0.1, 0.15) is 5.75 Å². The molecule has 2 atom stereocenters. The maximum atomic E-state index is 13.0. The SMILES string of the molecule is O=C(Oc1ccccc1)N1CCCN(C(=O)[C@H]2C[C@H]2c2cccc(Cl)c2Cl)CC1. The van der Waals surface area contributed by atoms with Crippen LogP contribution in [0, 0.1) is 5.92 Å². The van der Waals surface area contributed by atoms with Crippen molar-refractivity contribution in [3.05, 3.63) is 64.1 Å². The van der Waals surface area contributed by atoms with Crippen LogP contribution in [-0.4, -0.2) is 48.0 Å². The van der Waals surface area contributed by atoms with E-state index in [4.69, 9.17) is 27.9 Å². The highest BCUT2D eigenvalue weighted by atomic mass is 35.5. The highest BCUT2D eigenvalue weighted by Crippen LogP contribution is 2.51. The Morgan fingerprint density at radius 2 is 1.62 bits per heavy atom. The lowest BCUT2D eigenvalue weighted by molar-refractivity contribution is -0.132. The summed E-state index contributed by atoms with van der Waals surface area (Å²) >= 11 is 12.4. The van der Waals surface area contributed by atoms with Gasteiger partial charge in [-0.05, 0) is 42.5 Å². The molecular weight excluding hydrogens is 411 g/mol. The number of rotatable bonds is 3. The quantitative estimate of drug-likeness (QED) is 0.697. The summed E-state index contributed by atoms with van der Waals surface area (Å²) in [7, 11) is 0. The minimum absolute atomic E-state index is 0.0613. The number of hydrogen-bond acceptors (Lipinski definition) is 3. The van der Waals surface area contributed by atoms with Gasteiger partial charge in [0.05, 0.1) is 10.0 Å². The lowest BCUT2D eigenvalue weighted by Crippen LogP contribution is -2.39. The summed E-state index contributed by atoms with van der Waals surface area (Å²) in [6.45, 7) is 2.19. The fraction of sp³-hybridized carbons (Fsp3) is 0.364. The Morgan fingerprint density at radius 3 is 2.41 bits per heavy atom. The van der Waals surface area contributed by atoms with Crippen molar-refractivity contribution in [1.82, 2.24) is 9.80 Å². The van der Waals surface area contributed by atoms with Gasteiger partial charge in [-0.25, -0.2) is 4.79 Å². The summed E-state index contributed by atoms with van der Waals surface area (Å²) in [5.74, 6) is 0.711. The zero-order valence-corrected chi connectivity index (χ0v) is 17.4. The molecule has 4 rings (SSSR count). The number of hydrogen-bond donors (Lipinski definition) is 0. The Hall–Kier alpha value is -2.24. The summed E-state index contributed by atoms with van der Waals surface area (Å²) < 4.78 is 5.42. The molecule has 1 heterocycles. The second kappa shape index (κ2) is 8.64. The smallest absolute Gasteiger partial charge is 0.410 e. The van der Waals surface area contributed by atoms with Gasteiger partial charge < -0.3 is 14.5 Å². The molecule has 2 amide bonds. The molecule has 1 saturated heterocycles. The first-order valence-electron chi connectivity index (χ1n) is 9.79. The average molecular weight is 433 g/mol. The van der Waals surface area contributed by atoms with Crippen molar-refractivity contribution in [3.8, 4) is 5.75 Å². The minimum Gasteiger partial charge on any atom is -0.410 e. The number of amides is 2. The average Bonchev–Trinajstić information content (AvgIpc) is 3.54. The maximum absolute atomic E-state index is 13.0. The molecule has 5 nitrogen and oxygen atoms in total. The number of carbonyl (C=O) groups is 2. The third-order valence-corrected chi connectivity index (χ3v) is 6.34. The Kier molecular flexibility index (Phi) is 5.97. The van der Waals surface area contributed by atoms with Gasteiger partial charge in [-0.3, -0.25) is 4.79 Å². The summed E-state index contributed by atoms with van der Waals surface area (Å²) in [5, 5.41) is 1.06. The molecule has 1 saturated carbocycles. The largest absolute Gasteiger partial charge is 0.415 e. The van der Waals surface area contributed by atoms with E-state index in [1.165, 1.54) is 0 Å². The van der Waals surface area contributed by atoms with Gasteiger partial charge in [0.25, 0.3) is 0 Å². The van der Waals surface area contributed by atoms with Crippen molar-refractivity contribution in [2.45, 2.75) is 18.8 Å². The minimum atomic E-state index is -0.375. The fourth-order valence-electron chi connectivity index (χ4n) is 3.83. The Bertz CT molecular complexity index is 906. The van der Waals surface area contributed by atoms with Gasteiger partial charge in [-0.1, -0.05) is 53.5 Å². The Morgan fingerprint density at radius 1 is 0.897 bits per heavy atom. The summed E-state index contributed by atoms with van der Waals surface area (Å²) in [6.07, 6.45) is 1.14. The highest BCUT2D eigenvalue weighted by Gasteiger charge is 2.47. The van der Waals surface area contributed by atoms with Gasteiger partial charge in [-0.15, -0.1) is 0 Å². The molecule has 7 heteroatoms. The number of carbonyl (C=O) groups excluding carboxylic acids is 2. The van der Waals surface area contributed by atoms with Crippen molar-refractivity contribution >= 4 is 35.2 Å². The molecule has 2 aromatic rings. The van der Waals surface area contributed by atoms with Crippen LogP contribution in [0.3, 0.4) is 0 Å². The summed E-state index contributed by atoms with van der Waals surface area (Å²) in [4.78, 5) is 28.9. The molecule has 0 N–H and O–H groups in total. The molecule has 29 heavy (non-hydrogen) atoms. The van der Waals surface area contributed by atoms with Crippen molar-refractivity contribution in [2.75, 3.05) is 26.2 Å². The van der Waals surface area contributed by atoms with E-state index in [2.05, 4.69) is 0 Å². The molecule has 2 aromatic carbocycles. The van der Waals surface area contributed by atoms with Gasteiger partial charge in [0.15, 0.2) is 0 Å². The molecule has 1 aliphatic carbocycles. The van der Waals surface area contributed by atoms with Crippen LogP contribution in [0.2, 0.25) is 10.0 Å². The number of halogens is 2. The standard InChI is InChI=1S/C22H22Cl2N2O3/c23-19-9-4-8-16(20(19)24)17-14-18(17)21(27)25-10-5-11-26(13-12-25)22(28)29-15-6-2-1-3-7-15/h1-4,6-9,17-18H,5,10-14H2/t17-,18-/m0/s1. The van der Waals surface area contributed by atoms with Gasteiger partial charge in [0.2, 0.25) is 5.91 Å². The topological polar surface area (TPSA) is 49.9 Å². The molecule has 2 aliphatic rings. The van der Waals surface area contributed by atoms with Gasteiger partial charge >= 0.3 is 6.09 Å². The van der Waals surface area contributed by atoms with Crippen molar-refractivity contribution < 1.29 is 14.3 Å². The first kappa shape index (κ1) is 20.0. The van der Waals surface area contributed by atoms with Crippen LogP contribution in [0.5, 0.6) is 5.75 Å². The number of benzene rings is 2. The lowest BCUT2D eigenvalue weighted by atomic mass is 10.1. The van der Waals surface area contributed by atoms with Crippen LogP contribution < -0.4 is 4.74 Å². The molecule has 0 unspecified atom stereocenters. The molecule has 2 fully saturated rings. The number of para-hydroxylation sites is 1. The molecule has 0 bridgehead atoms. The van der Waals surface area contributed by atoms with E-state index >= 15 is 0 Å². The van der Waals surface area contributed by atoms with E-state index < -0.39 is 0 Å². The van der Waals surface area contributed by atoms with E-state index in [0.717, 1.165) is 18.4 Å². The van der Waals surface area contributed by atoms with E-state index in [1.807, 2.05) is 35.2 Å². The van der Waals surface area contributed by atoms with Gasteiger partial charge in [0, 0.05) is 32.1 Å². The van der Waals surface area contributed by atoms with Crippen molar-refractivity contribution in [1.29, 1.82) is 0 Å². The Balaban J connectivity index is 1.33. The van der Waals surface area contributed by atoms with Crippen LogP contribution in [0.15, 0.2) is 48.5 Å². The monoisotopic (exact) mass is 432 g/mol. The van der Waals surface area contributed by atoms with E-state index in [-0.39, 0.29) is 23.8 Å². The van der Waals surface area contributed by atoms with E-state index in [1.54, 1.807) is 23.1 Å². The normalized spacial score (nSPS) is 21.4. The van der Waals surface area contributed by atoms with E-state index in [0.29, 0.717) is 42.0 Å². The fourth-order valence-corrected chi connectivity index (χ4v) is 4.28. The molecule has 1 aliphatic heterocycles. The molecule has 0 spiro atoms. The molecular formula is C22H22Cl2N2O3. The highest BCUT2D eigenvalue weighted by molar-refractivity contribution is 6.42. The predicted molar refractivity (Wildman–Crippen MR) is 113 cm³/mol. The second-order valence-electron chi connectivity index (χ2n) is 7.44. The Labute approximate surface area is 180 Å². The third-order valence-electron chi connectivity index (χ3n) is 5.50. The van der Waals surface area contributed by atoms with Crippen LogP contribution in [0.1, 0.15) is 24.3 Å². The zero-order chi connectivity index (χ0) is 20.4. The second-order valence-corrected chi connectivity index (χ2v) is 8.22. The van der Waals surface area contributed by atoms with Crippen LogP contribution in [0.4, 0.5) is 4.79 Å². The van der Waals surface area contributed by atoms with Crippen LogP contribution in [0.25, 0.3) is 0 Å². The maximum Gasteiger partial charge on any atom is 0.415 e. The van der Waals surface area contributed by atoms with Crippen LogP contribution >= 0.6 is 23.2 Å².